The average Bonchev–Trinajstić information content (AvgIpc) is 3.01. The second-order valence-corrected chi connectivity index (χ2v) is 6.93. The molecule has 24 heavy (non-hydrogen) atoms. The molecule has 0 radical (unpaired) electrons. The molecule has 0 spiro atoms. The summed E-state index contributed by atoms with van der Waals surface area (Å²) in [5.41, 5.74) is 2.04. The number of hydrogen-bond acceptors (Lipinski definition) is 4. The van der Waals surface area contributed by atoms with E-state index in [4.69, 9.17) is 4.52 Å². The third kappa shape index (κ3) is 5.65. The SMILES string of the molecule is CCc1noc(-c2ccc(C=CC(=O)NCCC(C)(C)C)cc2)n1. The number of rotatable bonds is 6. The Morgan fingerprint density at radius 3 is 2.54 bits per heavy atom. The highest BCUT2D eigenvalue weighted by atomic mass is 16.5. The summed E-state index contributed by atoms with van der Waals surface area (Å²) in [6, 6.07) is 7.66. The van der Waals surface area contributed by atoms with Gasteiger partial charge in [-0.15, -0.1) is 0 Å². The second-order valence-electron chi connectivity index (χ2n) is 6.93. The van der Waals surface area contributed by atoms with Crippen molar-refractivity contribution in [1.29, 1.82) is 0 Å². The number of aryl methyl sites for hydroxylation is 1. The number of benzene rings is 1. The molecule has 0 aliphatic carbocycles. The van der Waals surface area contributed by atoms with Crippen LogP contribution < -0.4 is 5.32 Å². The van der Waals surface area contributed by atoms with Crippen molar-refractivity contribution in [3.05, 3.63) is 41.7 Å². The molecule has 1 N–H and O–H groups in total. The molecule has 0 bridgehead atoms. The first-order valence-electron chi connectivity index (χ1n) is 8.26. The van der Waals surface area contributed by atoms with Gasteiger partial charge in [0.25, 0.3) is 5.89 Å². The van der Waals surface area contributed by atoms with Crippen molar-refractivity contribution >= 4 is 12.0 Å². The molecule has 2 rings (SSSR count). The first-order valence-corrected chi connectivity index (χ1v) is 8.26. The van der Waals surface area contributed by atoms with Gasteiger partial charge in [-0.1, -0.05) is 45.0 Å². The molecule has 1 aromatic heterocycles. The van der Waals surface area contributed by atoms with Crippen LogP contribution in [0.25, 0.3) is 17.5 Å². The monoisotopic (exact) mass is 327 g/mol. The number of carbonyl (C=O) groups is 1. The number of hydrogen-bond donors (Lipinski definition) is 1. The van der Waals surface area contributed by atoms with Crippen molar-refractivity contribution in [3.63, 3.8) is 0 Å². The van der Waals surface area contributed by atoms with Crippen molar-refractivity contribution < 1.29 is 9.32 Å². The lowest BCUT2D eigenvalue weighted by atomic mass is 9.92. The highest BCUT2D eigenvalue weighted by molar-refractivity contribution is 5.91. The van der Waals surface area contributed by atoms with E-state index in [9.17, 15) is 4.79 Å². The van der Waals surface area contributed by atoms with Crippen molar-refractivity contribution in [2.24, 2.45) is 5.41 Å². The third-order valence-electron chi connectivity index (χ3n) is 3.54. The van der Waals surface area contributed by atoms with E-state index in [0.717, 1.165) is 24.0 Å². The van der Waals surface area contributed by atoms with Gasteiger partial charge in [-0.3, -0.25) is 4.79 Å². The summed E-state index contributed by atoms with van der Waals surface area (Å²) in [5, 5.41) is 6.78. The third-order valence-corrected chi connectivity index (χ3v) is 3.54. The lowest BCUT2D eigenvalue weighted by molar-refractivity contribution is -0.116. The lowest BCUT2D eigenvalue weighted by Crippen LogP contribution is -2.25. The summed E-state index contributed by atoms with van der Waals surface area (Å²) >= 11 is 0. The van der Waals surface area contributed by atoms with Gasteiger partial charge in [0.05, 0.1) is 0 Å². The molecule has 2 aromatic rings. The van der Waals surface area contributed by atoms with E-state index >= 15 is 0 Å². The molecule has 0 saturated carbocycles. The summed E-state index contributed by atoms with van der Waals surface area (Å²) in [6.45, 7) is 9.13. The van der Waals surface area contributed by atoms with Crippen molar-refractivity contribution in [2.75, 3.05) is 6.54 Å². The van der Waals surface area contributed by atoms with E-state index in [2.05, 4.69) is 36.2 Å². The fraction of sp³-hybridized carbons (Fsp3) is 0.421. The first kappa shape index (κ1) is 17.9. The van der Waals surface area contributed by atoms with Gasteiger partial charge in [0.2, 0.25) is 5.91 Å². The van der Waals surface area contributed by atoms with Crippen LogP contribution >= 0.6 is 0 Å². The van der Waals surface area contributed by atoms with Crippen LogP contribution in [0.4, 0.5) is 0 Å². The standard InChI is InChI=1S/C19H25N3O2/c1-5-16-21-18(24-22-16)15-9-6-14(7-10-15)8-11-17(23)20-13-12-19(2,3)4/h6-11H,5,12-13H2,1-4H3,(H,20,23). The molecule has 0 saturated heterocycles. The predicted octanol–water partition coefficient (Wildman–Crippen LogP) is 3.86. The maximum absolute atomic E-state index is 11.8. The van der Waals surface area contributed by atoms with Crippen LogP contribution in [-0.4, -0.2) is 22.6 Å². The van der Waals surface area contributed by atoms with Crippen LogP contribution in [0.15, 0.2) is 34.9 Å². The number of amides is 1. The van der Waals surface area contributed by atoms with Crippen LogP contribution in [-0.2, 0) is 11.2 Å². The van der Waals surface area contributed by atoms with Gasteiger partial charge in [0.15, 0.2) is 5.82 Å². The molecule has 0 aliphatic heterocycles. The molecular weight excluding hydrogens is 302 g/mol. The lowest BCUT2D eigenvalue weighted by Gasteiger charge is -2.17. The maximum Gasteiger partial charge on any atom is 0.257 e. The average molecular weight is 327 g/mol. The van der Waals surface area contributed by atoms with Crippen LogP contribution in [0.3, 0.4) is 0 Å². The zero-order valence-corrected chi connectivity index (χ0v) is 14.8. The summed E-state index contributed by atoms with van der Waals surface area (Å²) in [7, 11) is 0. The van der Waals surface area contributed by atoms with Crippen LogP contribution in [0, 0.1) is 5.41 Å². The quantitative estimate of drug-likeness (QED) is 0.818. The van der Waals surface area contributed by atoms with E-state index in [1.807, 2.05) is 31.2 Å². The molecule has 0 aliphatic rings. The molecule has 0 fully saturated rings. The Balaban J connectivity index is 1.90. The fourth-order valence-corrected chi connectivity index (χ4v) is 2.04. The smallest absolute Gasteiger partial charge is 0.257 e. The second kappa shape index (κ2) is 7.90. The van der Waals surface area contributed by atoms with Crippen LogP contribution in [0.5, 0.6) is 0 Å². The van der Waals surface area contributed by atoms with Crippen LogP contribution in [0.1, 0.15) is 45.5 Å². The zero-order valence-electron chi connectivity index (χ0n) is 14.8. The molecule has 5 nitrogen and oxygen atoms in total. The Morgan fingerprint density at radius 2 is 1.96 bits per heavy atom. The summed E-state index contributed by atoms with van der Waals surface area (Å²) in [6.07, 6.45) is 5.04. The topological polar surface area (TPSA) is 68.0 Å². The number of aromatic nitrogens is 2. The number of nitrogens with one attached hydrogen (secondary N) is 1. The molecule has 0 atom stereocenters. The van der Waals surface area contributed by atoms with Crippen molar-refractivity contribution in [1.82, 2.24) is 15.5 Å². The highest BCUT2D eigenvalue weighted by Crippen LogP contribution is 2.19. The molecule has 1 heterocycles. The predicted molar refractivity (Wildman–Crippen MR) is 95.2 cm³/mol. The van der Waals surface area contributed by atoms with Crippen molar-refractivity contribution in [2.45, 2.75) is 40.5 Å². The Labute approximate surface area is 143 Å². The highest BCUT2D eigenvalue weighted by Gasteiger charge is 2.09. The molecule has 1 aromatic carbocycles. The van der Waals surface area contributed by atoms with Gasteiger partial charge in [0, 0.05) is 24.6 Å². The Kier molecular flexibility index (Phi) is 5.90. The summed E-state index contributed by atoms with van der Waals surface area (Å²) in [4.78, 5) is 16.1. The zero-order chi connectivity index (χ0) is 17.6. The largest absolute Gasteiger partial charge is 0.353 e. The van der Waals surface area contributed by atoms with E-state index in [0.29, 0.717) is 18.3 Å². The minimum atomic E-state index is -0.0761. The Bertz CT molecular complexity index is 694. The van der Waals surface area contributed by atoms with E-state index in [1.165, 1.54) is 0 Å². The molecule has 0 unspecified atom stereocenters. The first-order chi connectivity index (χ1) is 11.4. The Morgan fingerprint density at radius 1 is 1.25 bits per heavy atom. The van der Waals surface area contributed by atoms with Gasteiger partial charge >= 0.3 is 0 Å². The summed E-state index contributed by atoms with van der Waals surface area (Å²) in [5.74, 6) is 1.14. The van der Waals surface area contributed by atoms with Crippen molar-refractivity contribution in [3.8, 4) is 11.5 Å². The van der Waals surface area contributed by atoms with Gasteiger partial charge in [-0.2, -0.15) is 4.98 Å². The summed E-state index contributed by atoms with van der Waals surface area (Å²) < 4.78 is 5.21. The fourth-order valence-electron chi connectivity index (χ4n) is 2.04. The molecule has 1 amide bonds. The Hall–Kier alpha value is -2.43. The molecular formula is C19H25N3O2. The minimum absolute atomic E-state index is 0.0761. The van der Waals surface area contributed by atoms with Crippen LogP contribution in [0.2, 0.25) is 0 Å². The number of carbonyl (C=O) groups excluding carboxylic acids is 1. The van der Waals surface area contributed by atoms with E-state index < -0.39 is 0 Å². The van der Waals surface area contributed by atoms with Gasteiger partial charge < -0.3 is 9.84 Å². The minimum Gasteiger partial charge on any atom is -0.353 e. The molecule has 128 valence electrons. The molecule has 5 heteroatoms. The normalized spacial score (nSPS) is 11.8. The van der Waals surface area contributed by atoms with Gasteiger partial charge in [0.1, 0.15) is 0 Å². The number of nitrogens with zero attached hydrogens (tertiary/aromatic N) is 2. The van der Waals surface area contributed by atoms with E-state index in [-0.39, 0.29) is 11.3 Å². The maximum atomic E-state index is 11.8. The van der Waals surface area contributed by atoms with Gasteiger partial charge in [-0.05, 0) is 35.6 Å². The van der Waals surface area contributed by atoms with E-state index in [1.54, 1.807) is 12.2 Å². The van der Waals surface area contributed by atoms with Gasteiger partial charge in [-0.25, -0.2) is 0 Å².